The van der Waals surface area contributed by atoms with Gasteiger partial charge in [-0.15, -0.1) is 11.3 Å². The lowest BCUT2D eigenvalue weighted by molar-refractivity contribution is 0.590. The smallest absolute Gasteiger partial charge is 0.252 e. The number of fused-ring (bicyclic) bond motifs is 12. The van der Waals surface area contributed by atoms with Gasteiger partial charge in [0.2, 0.25) is 0 Å². The number of hydrogen-bond acceptors (Lipinski definition) is 3. The molecule has 21 rings (SSSR count). The zero-order valence-corrected chi connectivity index (χ0v) is 63.8. The molecule has 0 N–H and O–H groups in total. The maximum Gasteiger partial charge on any atom is 0.252 e. The third-order valence-corrected chi connectivity index (χ3v) is 24.9. The van der Waals surface area contributed by atoms with Crippen molar-refractivity contribution in [2.45, 2.75) is 52.4 Å². The SMILES string of the molecule is CC(C)(C)c1cc(-c2ccccc2)c(N2c3cc(-c4c5ccccc5c(-c5ccccc5)c5ccccc45)ccc3B3c4ccc(-c5cccc6c5sc5ccccc56)cc4N(c4c(-c5ccccc5)cc(C(C)(C)C)cc4-c4ccccc4)c4cc(-n5c6ccccc6c6ccccc65)cc2c43)c(-c2ccccc2)c1. The number of benzene rings is 17. The molecule has 17 aromatic carbocycles. The van der Waals surface area contributed by atoms with Gasteiger partial charge in [0.25, 0.3) is 6.71 Å². The van der Waals surface area contributed by atoms with Crippen molar-refractivity contribution >= 4 is 132 Å². The highest BCUT2D eigenvalue weighted by atomic mass is 32.1. The summed E-state index contributed by atoms with van der Waals surface area (Å²) >= 11 is 1.90. The zero-order chi connectivity index (χ0) is 74.4. The van der Waals surface area contributed by atoms with Gasteiger partial charge in [0.1, 0.15) is 0 Å². The second kappa shape index (κ2) is 25.8. The van der Waals surface area contributed by atoms with E-state index in [1.54, 1.807) is 0 Å². The van der Waals surface area contributed by atoms with Gasteiger partial charge < -0.3 is 14.4 Å². The van der Waals surface area contributed by atoms with Gasteiger partial charge in [0.15, 0.2) is 0 Å². The van der Waals surface area contributed by atoms with Crippen LogP contribution in [-0.4, -0.2) is 11.3 Å². The van der Waals surface area contributed by atoms with Crippen molar-refractivity contribution in [1.82, 2.24) is 4.57 Å². The van der Waals surface area contributed by atoms with Gasteiger partial charge in [-0.25, -0.2) is 0 Å². The average Bonchev–Trinajstić information content (AvgIpc) is 1.31. The van der Waals surface area contributed by atoms with Gasteiger partial charge in [0, 0.05) is 75.9 Å². The van der Waals surface area contributed by atoms with Gasteiger partial charge in [0.05, 0.1) is 28.1 Å². The Balaban J connectivity index is 0.974. The van der Waals surface area contributed by atoms with E-state index in [0.29, 0.717) is 0 Å². The summed E-state index contributed by atoms with van der Waals surface area (Å²) in [6.07, 6.45) is 0. The predicted molar refractivity (Wildman–Crippen MR) is 478 cm³/mol. The van der Waals surface area contributed by atoms with Crippen molar-refractivity contribution in [2.75, 3.05) is 9.80 Å². The molecule has 0 amide bonds. The molecule has 0 atom stereocenters. The Morgan fingerprint density at radius 1 is 0.261 bits per heavy atom. The van der Waals surface area contributed by atoms with Crippen molar-refractivity contribution < 1.29 is 0 Å². The summed E-state index contributed by atoms with van der Waals surface area (Å²) in [7, 11) is 0. The Labute approximate surface area is 653 Å². The van der Waals surface area contributed by atoms with E-state index in [9.17, 15) is 0 Å². The number of anilines is 6. The maximum atomic E-state index is 2.75. The van der Waals surface area contributed by atoms with Gasteiger partial charge >= 0.3 is 0 Å². The molecule has 2 aromatic heterocycles. The fourth-order valence-corrected chi connectivity index (χ4v) is 19.6. The Bertz CT molecular complexity index is 6730. The van der Waals surface area contributed by atoms with Crippen LogP contribution in [0.1, 0.15) is 52.7 Å². The molecule has 0 fully saturated rings. The second-order valence-corrected chi connectivity index (χ2v) is 33.3. The standard InChI is InChI=1S/C106H78BN3S/c1-105(2,3)74-61-86(67-33-12-7-13-34-67)102(87(62-74)68-35-14-8-15-36-68)109-94-59-72(77-50-32-51-85-80-45-28-31-54-98(80)111-104(77)85)55-57-90(94)107-91-58-56-73(100-83-48-24-22-46-81(83)99(71-41-20-11-21-42-71)82-47-23-25-49-84(82)100)60-95(91)110(97-66-76(65-96(109)101(97)107)108-92-52-29-26-43-78(92)79-44-27-30-53-93(79)108)103-88(69-37-16-9-17-38-69)63-75(106(4,5)6)64-89(103)70-39-18-10-19-40-70/h7-66H,1-6H3. The zero-order valence-electron chi connectivity index (χ0n) is 63.0. The lowest BCUT2D eigenvalue weighted by Crippen LogP contribution is -2.61. The number of aromatic nitrogens is 1. The third kappa shape index (κ3) is 10.7. The second-order valence-electron chi connectivity index (χ2n) is 32.2. The molecule has 0 saturated heterocycles. The molecule has 0 saturated carbocycles. The van der Waals surface area contributed by atoms with Gasteiger partial charge in [-0.05, 0) is 182 Å². The van der Waals surface area contributed by atoms with E-state index in [1.807, 2.05) is 11.3 Å². The van der Waals surface area contributed by atoms with E-state index in [4.69, 9.17) is 0 Å². The summed E-state index contributed by atoms with van der Waals surface area (Å²) in [5, 5.41) is 9.82. The summed E-state index contributed by atoms with van der Waals surface area (Å²) in [5.41, 5.74) is 32.2. The molecule has 2 aliphatic heterocycles. The van der Waals surface area contributed by atoms with Crippen LogP contribution in [0, 0.1) is 0 Å². The normalized spacial score (nSPS) is 12.7. The van der Waals surface area contributed by atoms with Crippen LogP contribution < -0.4 is 26.2 Å². The van der Waals surface area contributed by atoms with Crippen LogP contribution in [0.3, 0.4) is 0 Å². The van der Waals surface area contributed by atoms with Crippen LogP contribution >= 0.6 is 11.3 Å². The Hall–Kier alpha value is -13.1. The van der Waals surface area contributed by atoms with Crippen LogP contribution in [0.15, 0.2) is 364 Å². The van der Waals surface area contributed by atoms with Gasteiger partial charge in [-0.1, -0.05) is 339 Å². The quantitative estimate of drug-likeness (QED) is 0.0999. The van der Waals surface area contributed by atoms with E-state index >= 15 is 0 Å². The minimum absolute atomic E-state index is 0.219. The number of nitrogens with zero attached hydrogens (tertiary/aromatic N) is 3. The van der Waals surface area contributed by atoms with E-state index in [2.05, 4.69) is 420 Å². The molecular weight excluding hydrogens is 1360 g/mol. The van der Waals surface area contributed by atoms with Crippen molar-refractivity contribution in [2.24, 2.45) is 0 Å². The highest BCUT2D eigenvalue weighted by molar-refractivity contribution is 7.26. The predicted octanol–water partition coefficient (Wildman–Crippen LogP) is 27.8. The first kappa shape index (κ1) is 66.2. The van der Waals surface area contributed by atoms with Crippen LogP contribution in [0.5, 0.6) is 0 Å². The molecule has 526 valence electrons. The molecular formula is C106H78BN3S. The lowest BCUT2D eigenvalue weighted by Gasteiger charge is -2.46. The third-order valence-electron chi connectivity index (χ3n) is 23.6. The van der Waals surface area contributed by atoms with E-state index < -0.39 is 0 Å². The Morgan fingerprint density at radius 3 is 1.05 bits per heavy atom. The monoisotopic (exact) mass is 1440 g/mol. The van der Waals surface area contributed by atoms with Crippen molar-refractivity contribution in [3.63, 3.8) is 0 Å². The molecule has 19 aromatic rings. The first-order valence-corrected chi connectivity index (χ1v) is 39.7. The number of rotatable bonds is 10. The molecule has 0 spiro atoms. The molecule has 0 bridgehead atoms. The first-order valence-electron chi connectivity index (χ1n) is 38.9. The minimum Gasteiger partial charge on any atom is -0.310 e. The maximum absolute atomic E-state index is 2.75. The van der Waals surface area contributed by atoms with Crippen LogP contribution in [-0.2, 0) is 10.8 Å². The molecule has 3 nitrogen and oxygen atoms in total. The van der Waals surface area contributed by atoms with Gasteiger partial charge in [-0.2, -0.15) is 0 Å². The summed E-state index contributed by atoms with van der Waals surface area (Å²) < 4.78 is 5.13. The van der Waals surface area contributed by atoms with Crippen LogP contribution in [0.4, 0.5) is 34.1 Å². The molecule has 4 heterocycles. The van der Waals surface area contributed by atoms with Crippen LogP contribution in [0.25, 0.3) is 147 Å². The number of para-hydroxylation sites is 2. The topological polar surface area (TPSA) is 11.4 Å². The summed E-state index contributed by atoms with van der Waals surface area (Å²) in [4.78, 5) is 5.50. The highest BCUT2D eigenvalue weighted by Gasteiger charge is 2.47. The fourth-order valence-electron chi connectivity index (χ4n) is 18.4. The Morgan fingerprint density at radius 2 is 0.613 bits per heavy atom. The average molecular weight is 1440 g/mol. The largest absolute Gasteiger partial charge is 0.310 e. The molecule has 111 heavy (non-hydrogen) atoms. The first-order chi connectivity index (χ1) is 54.4. The number of thiophene rings is 1. The van der Waals surface area contributed by atoms with Crippen LogP contribution in [0.2, 0.25) is 0 Å². The molecule has 0 aliphatic carbocycles. The summed E-state index contributed by atoms with van der Waals surface area (Å²) in [6.45, 7) is 13.9. The minimum atomic E-state index is -0.291. The number of hydrogen-bond donors (Lipinski definition) is 0. The van der Waals surface area contributed by atoms with E-state index in [1.165, 1.54) is 102 Å². The van der Waals surface area contributed by atoms with E-state index in [0.717, 1.165) is 106 Å². The van der Waals surface area contributed by atoms with E-state index in [-0.39, 0.29) is 17.5 Å². The summed E-state index contributed by atoms with van der Waals surface area (Å²) in [6, 6.07) is 139. The fraction of sp³-hybridized carbons (Fsp3) is 0.0755. The lowest BCUT2D eigenvalue weighted by atomic mass is 9.33. The molecule has 2 aliphatic rings. The van der Waals surface area contributed by atoms with Crippen molar-refractivity contribution in [3.8, 4) is 83.6 Å². The molecule has 0 radical (unpaired) electrons. The van der Waals surface area contributed by atoms with Gasteiger partial charge in [-0.3, -0.25) is 0 Å². The van der Waals surface area contributed by atoms with Crippen molar-refractivity contribution in [1.29, 1.82) is 0 Å². The molecule has 0 unspecified atom stereocenters. The Kier molecular flexibility index (Phi) is 15.4. The highest BCUT2D eigenvalue weighted by Crippen LogP contribution is 2.57. The molecule has 5 heteroatoms. The summed E-state index contributed by atoms with van der Waals surface area (Å²) in [5.74, 6) is 0. The van der Waals surface area contributed by atoms with Crippen molar-refractivity contribution in [3.05, 3.63) is 375 Å².